The number of aromatic nitrogens is 2. The van der Waals surface area contributed by atoms with Crippen molar-refractivity contribution in [2.24, 2.45) is 7.05 Å². The Morgan fingerprint density at radius 2 is 1.85 bits per heavy atom. The Morgan fingerprint density at radius 1 is 1.05 bits per heavy atom. The van der Waals surface area contributed by atoms with Crippen LogP contribution in [0.5, 0.6) is 0 Å². The van der Waals surface area contributed by atoms with E-state index in [9.17, 15) is 0 Å². The van der Waals surface area contributed by atoms with Crippen molar-refractivity contribution in [2.75, 3.05) is 5.32 Å². The largest absolute Gasteiger partial charge is 0.379 e. The summed E-state index contributed by atoms with van der Waals surface area (Å²) in [5, 5.41) is 9.33. The standard InChI is InChI=1S/C17H19N3/c1-12-7-6-9-15(13(12)2)18-11-16-14-8-4-5-10-17(14)20(3)19-16/h4-10,18H,11H2,1-3H3. The van der Waals surface area contributed by atoms with Crippen LogP contribution in [0.2, 0.25) is 0 Å². The van der Waals surface area contributed by atoms with Gasteiger partial charge in [-0.3, -0.25) is 4.68 Å². The molecule has 0 aliphatic heterocycles. The normalized spacial score (nSPS) is 10.9. The van der Waals surface area contributed by atoms with Crippen molar-refractivity contribution in [1.82, 2.24) is 9.78 Å². The van der Waals surface area contributed by atoms with Crippen molar-refractivity contribution in [1.29, 1.82) is 0 Å². The van der Waals surface area contributed by atoms with E-state index in [4.69, 9.17) is 0 Å². The van der Waals surface area contributed by atoms with Crippen LogP contribution in [-0.2, 0) is 13.6 Å². The zero-order valence-corrected chi connectivity index (χ0v) is 12.1. The van der Waals surface area contributed by atoms with Gasteiger partial charge in [-0.2, -0.15) is 5.10 Å². The van der Waals surface area contributed by atoms with Gasteiger partial charge in [0.25, 0.3) is 0 Å². The van der Waals surface area contributed by atoms with E-state index in [1.165, 1.54) is 27.7 Å². The average Bonchev–Trinajstić information content (AvgIpc) is 2.78. The molecule has 0 aliphatic carbocycles. The molecule has 0 bridgehead atoms. The van der Waals surface area contributed by atoms with Crippen LogP contribution in [-0.4, -0.2) is 9.78 Å². The van der Waals surface area contributed by atoms with Crippen LogP contribution in [0, 0.1) is 13.8 Å². The van der Waals surface area contributed by atoms with Crippen LogP contribution in [0.3, 0.4) is 0 Å². The van der Waals surface area contributed by atoms with Gasteiger partial charge in [0.05, 0.1) is 17.8 Å². The number of aryl methyl sites for hydroxylation is 2. The van der Waals surface area contributed by atoms with Crippen molar-refractivity contribution in [3.05, 3.63) is 59.3 Å². The Kier molecular flexibility index (Phi) is 3.18. The van der Waals surface area contributed by atoms with Crippen LogP contribution < -0.4 is 5.32 Å². The molecule has 0 aliphatic rings. The molecule has 3 aromatic rings. The highest BCUT2D eigenvalue weighted by atomic mass is 15.3. The summed E-state index contributed by atoms with van der Waals surface area (Å²) in [6.07, 6.45) is 0. The van der Waals surface area contributed by atoms with Crippen molar-refractivity contribution in [3.8, 4) is 0 Å². The van der Waals surface area contributed by atoms with Gasteiger partial charge in [-0.25, -0.2) is 0 Å². The van der Waals surface area contributed by atoms with Crippen LogP contribution in [0.25, 0.3) is 10.9 Å². The summed E-state index contributed by atoms with van der Waals surface area (Å²) in [5.41, 5.74) is 6.04. The van der Waals surface area contributed by atoms with E-state index in [2.05, 4.69) is 60.7 Å². The number of fused-ring (bicyclic) bond motifs is 1. The molecular weight excluding hydrogens is 246 g/mol. The lowest BCUT2D eigenvalue weighted by Gasteiger charge is -2.10. The van der Waals surface area contributed by atoms with E-state index in [-0.39, 0.29) is 0 Å². The number of hydrogen-bond donors (Lipinski definition) is 1. The summed E-state index contributed by atoms with van der Waals surface area (Å²) in [6.45, 7) is 5.02. The highest BCUT2D eigenvalue weighted by molar-refractivity contribution is 5.82. The molecular formula is C17H19N3. The first-order valence-electron chi connectivity index (χ1n) is 6.87. The number of benzene rings is 2. The number of para-hydroxylation sites is 1. The van der Waals surface area contributed by atoms with Crippen molar-refractivity contribution in [3.63, 3.8) is 0 Å². The maximum atomic E-state index is 4.61. The van der Waals surface area contributed by atoms with Gasteiger partial charge in [-0.1, -0.05) is 30.3 Å². The molecule has 0 amide bonds. The van der Waals surface area contributed by atoms with E-state index >= 15 is 0 Å². The Bertz CT molecular complexity index is 756. The quantitative estimate of drug-likeness (QED) is 0.780. The lowest BCUT2D eigenvalue weighted by Crippen LogP contribution is -2.03. The van der Waals surface area contributed by atoms with Crippen LogP contribution >= 0.6 is 0 Å². The summed E-state index contributed by atoms with van der Waals surface area (Å²) in [7, 11) is 1.99. The van der Waals surface area contributed by atoms with Crippen LogP contribution in [0.15, 0.2) is 42.5 Å². The molecule has 2 aromatic carbocycles. The number of anilines is 1. The molecule has 0 atom stereocenters. The van der Waals surface area contributed by atoms with E-state index in [0.717, 1.165) is 12.2 Å². The summed E-state index contributed by atoms with van der Waals surface area (Å²) in [5.74, 6) is 0. The van der Waals surface area contributed by atoms with Gasteiger partial charge >= 0.3 is 0 Å². The van der Waals surface area contributed by atoms with E-state index < -0.39 is 0 Å². The summed E-state index contributed by atoms with van der Waals surface area (Å²) in [6, 6.07) is 14.7. The Labute approximate surface area is 119 Å². The molecule has 0 unspecified atom stereocenters. The first-order chi connectivity index (χ1) is 9.66. The summed E-state index contributed by atoms with van der Waals surface area (Å²) in [4.78, 5) is 0. The van der Waals surface area contributed by atoms with Gasteiger partial charge in [0.15, 0.2) is 0 Å². The maximum absolute atomic E-state index is 4.61. The predicted octanol–water partition coefficient (Wildman–Crippen LogP) is 3.80. The third-order valence-corrected chi connectivity index (χ3v) is 3.89. The zero-order valence-electron chi connectivity index (χ0n) is 12.1. The van der Waals surface area contributed by atoms with E-state index in [1.807, 2.05) is 17.8 Å². The second kappa shape index (κ2) is 5.00. The second-order valence-corrected chi connectivity index (χ2v) is 5.19. The molecule has 0 fully saturated rings. The molecule has 0 spiro atoms. The fourth-order valence-electron chi connectivity index (χ4n) is 2.54. The van der Waals surface area contributed by atoms with Crippen LogP contribution in [0.1, 0.15) is 16.8 Å². The smallest absolute Gasteiger partial charge is 0.0894 e. The van der Waals surface area contributed by atoms with Gasteiger partial charge in [-0.15, -0.1) is 0 Å². The molecule has 1 aromatic heterocycles. The Balaban J connectivity index is 1.89. The minimum absolute atomic E-state index is 0.742. The lowest BCUT2D eigenvalue weighted by atomic mass is 10.1. The van der Waals surface area contributed by atoms with E-state index in [0.29, 0.717) is 0 Å². The molecule has 3 heteroatoms. The number of rotatable bonds is 3. The van der Waals surface area contributed by atoms with Gasteiger partial charge in [0.1, 0.15) is 0 Å². The van der Waals surface area contributed by atoms with Gasteiger partial charge in [0, 0.05) is 18.1 Å². The van der Waals surface area contributed by atoms with Crippen molar-refractivity contribution in [2.45, 2.75) is 20.4 Å². The molecule has 0 saturated carbocycles. The monoisotopic (exact) mass is 265 g/mol. The minimum Gasteiger partial charge on any atom is -0.379 e. The fourth-order valence-corrected chi connectivity index (χ4v) is 2.54. The molecule has 3 nitrogen and oxygen atoms in total. The molecule has 3 rings (SSSR count). The summed E-state index contributed by atoms with van der Waals surface area (Å²) >= 11 is 0. The first kappa shape index (κ1) is 12.7. The lowest BCUT2D eigenvalue weighted by molar-refractivity contribution is 0.771. The molecule has 0 saturated heterocycles. The Morgan fingerprint density at radius 3 is 2.70 bits per heavy atom. The minimum atomic E-state index is 0.742. The highest BCUT2D eigenvalue weighted by Crippen LogP contribution is 2.21. The third kappa shape index (κ3) is 2.16. The van der Waals surface area contributed by atoms with Gasteiger partial charge in [-0.05, 0) is 37.1 Å². The SMILES string of the molecule is Cc1cccc(NCc2nn(C)c3ccccc23)c1C. The van der Waals surface area contributed by atoms with E-state index in [1.54, 1.807) is 0 Å². The fraction of sp³-hybridized carbons (Fsp3) is 0.235. The highest BCUT2D eigenvalue weighted by Gasteiger charge is 2.08. The number of hydrogen-bond acceptors (Lipinski definition) is 2. The third-order valence-electron chi connectivity index (χ3n) is 3.89. The summed E-state index contributed by atoms with van der Waals surface area (Å²) < 4.78 is 1.94. The predicted molar refractivity (Wildman–Crippen MR) is 84.0 cm³/mol. The molecule has 1 N–H and O–H groups in total. The molecule has 102 valence electrons. The molecule has 1 heterocycles. The maximum Gasteiger partial charge on any atom is 0.0894 e. The topological polar surface area (TPSA) is 29.9 Å². The molecule has 20 heavy (non-hydrogen) atoms. The van der Waals surface area contributed by atoms with Gasteiger partial charge in [0.2, 0.25) is 0 Å². The zero-order chi connectivity index (χ0) is 14.1. The Hall–Kier alpha value is -2.29. The second-order valence-electron chi connectivity index (χ2n) is 5.19. The number of nitrogens with zero attached hydrogens (tertiary/aromatic N) is 2. The molecule has 0 radical (unpaired) electrons. The first-order valence-corrected chi connectivity index (χ1v) is 6.87. The van der Waals surface area contributed by atoms with Crippen molar-refractivity contribution >= 4 is 16.6 Å². The average molecular weight is 265 g/mol. The van der Waals surface area contributed by atoms with Gasteiger partial charge < -0.3 is 5.32 Å². The van der Waals surface area contributed by atoms with Crippen molar-refractivity contribution < 1.29 is 0 Å². The number of nitrogens with one attached hydrogen (secondary N) is 1. The van der Waals surface area contributed by atoms with Crippen LogP contribution in [0.4, 0.5) is 5.69 Å².